The van der Waals surface area contributed by atoms with Crippen LogP contribution in [0.15, 0.2) is 54.6 Å². The molecule has 0 aliphatic rings. The van der Waals surface area contributed by atoms with Crippen molar-refractivity contribution in [3.8, 4) is 0 Å². The van der Waals surface area contributed by atoms with Crippen molar-refractivity contribution in [2.75, 3.05) is 0 Å². The molecular formula is C18H21Cl2NO2SiTi-2. The Morgan fingerprint density at radius 1 is 1.12 bits per heavy atom. The van der Waals surface area contributed by atoms with E-state index in [1.807, 2.05) is 0 Å². The Labute approximate surface area is 168 Å². The number of hydrogen-bond donors (Lipinski definition) is 2. The van der Waals surface area contributed by atoms with Gasteiger partial charge >= 0.3 is 35.6 Å². The van der Waals surface area contributed by atoms with E-state index < -0.39 is 22.9 Å². The van der Waals surface area contributed by atoms with Gasteiger partial charge in [-0.15, -0.1) is 39.7 Å². The fraction of sp³-hybridized carbons (Fsp3) is 0.167. The molecule has 0 spiro atoms. The van der Waals surface area contributed by atoms with Crippen LogP contribution in [0.1, 0.15) is 6.42 Å². The molecule has 3 rings (SSSR count). The van der Waals surface area contributed by atoms with Crippen LogP contribution in [0.25, 0.3) is 21.5 Å². The molecule has 0 saturated heterocycles. The molecule has 0 fully saturated rings. The van der Waals surface area contributed by atoms with Crippen molar-refractivity contribution in [2.45, 2.75) is 19.5 Å². The maximum absolute atomic E-state index is 9.63. The molecule has 0 aliphatic heterocycles. The van der Waals surface area contributed by atoms with Crippen LogP contribution in [-0.4, -0.2) is 20.5 Å². The molecule has 0 heterocycles. The summed E-state index contributed by atoms with van der Waals surface area (Å²) in [5.74, 6) is -0.516. The predicted octanol–water partition coefficient (Wildman–Crippen LogP) is 5.27. The fourth-order valence-corrected chi connectivity index (χ4v) is 1.99. The van der Waals surface area contributed by atoms with E-state index in [4.69, 9.17) is 23.7 Å². The summed E-state index contributed by atoms with van der Waals surface area (Å²) in [6, 6.07) is 19.3. The molecule has 3 aromatic carbocycles. The molecule has 25 heavy (non-hydrogen) atoms. The zero-order chi connectivity index (χ0) is 19.1. The minimum absolute atomic E-state index is 0.0556. The van der Waals surface area contributed by atoms with Crippen molar-refractivity contribution in [3.05, 3.63) is 61.2 Å². The molecule has 7 heteroatoms. The Bertz CT molecular complexity index is 685. The molecule has 2 radical (unpaired) electrons. The van der Waals surface area contributed by atoms with Crippen LogP contribution >= 0.6 is 18.6 Å². The maximum atomic E-state index is 9.63. The maximum Gasteiger partial charge on any atom is -0.0771 e. The Morgan fingerprint density at radius 2 is 1.48 bits per heavy atom. The van der Waals surface area contributed by atoms with Gasteiger partial charge in [-0.05, 0) is 0 Å². The van der Waals surface area contributed by atoms with Crippen LogP contribution in [0.3, 0.4) is 0 Å². The second-order valence-electron chi connectivity index (χ2n) is 4.74. The summed E-state index contributed by atoms with van der Waals surface area (Å²) < 4.78 is 0. The number of amides is 1. The molecule has 0 saturated carbocycles. The van der Waals surface area contributed by atoms with Crippen molar-refractivity contribution in [1.29, 1.82) is 0 Å². The van der Waals surface area contributed by atoms with Crippen LogP contribution in [0.2, 0.25) is 13.1 Å². The van der Waals surface area contributed by atoms with Crippen molar-refractivity contribution in [3.63, 3.8) is 0 Å². The second kappa shape index (κ2) is 15.5. The van der Waals surface area contributed by atoms with Crippen LogP contribution in [0.4, 0.5) is 0 Å². The van der Waals surface area contributed by atoms with Gasteiger partial charge in [-0.25, -0.2) is 6.61 Å². The van der Waals surface area contributed by atoms with Gasteiger partial charge in [0.2, 0.25) is 0 Å². The molecule has 134 valence electrons. The number of halogens is 2. The van der Waals surface area contributed by atoms with Gasteiger partial charge in [-0.2, -0.15) is 0 Å². The van der Waals surface area contributed by atoms with E-state index in [-0.39, 0.29) is 6.42 Å². The SMILES string of the molecule is C[Si]C.NC(=O)C[CH-]O.[Cl][Ti][Cl].c1ccc2c(c1)[cH-]c1ccccc12. The number of carbonyl (C=O) groups is 1. The van der Waals surface area contributed by atoms with Crippen molar-refractivity contribution in [1.82, 2.24) is 0 Å². The van der Waals surface area contributed by atoms with Gasteiger partial charge in [0.15, 0.2) is 5.91 Å². The molecule has 3 aromatic rings. The summed E-state index contributed by atoms with van der Waals surface area (Å²) in [7, 11) is 10.9. The van der Waals surface area contributed by atoms with E-state index in [1.165, 1.54) is 21.5 Å². The van der Waals surface area contributed by atoms with Crippen LogP contribution < -0.4 is 5.73 Å². The summed E-state index contributed by atoms with van der Waals surface area (Å²) in [6.45, 7) is 5.03. The van der Waals surface area contributed by atoms with Crippen molar-refractivity contribution < 1.29 is 26.9 Å². The van der Waals surface area contributed by atoms with Gasteiger partial charge in [0, 0.05) is 9.52 Å². The summed E-state index contributed by atoms with van der Waals surface area (Å²) in [5, 5.41) is 13.2. The third-order valence-electron chi connectivity index (χ3n) is 2.82. The topological polar surface area (TPSA) is 63.3 Å². The first-order valence-corrected chi connectivity index (χ1v) is 13.7. The van der Waals surface area contributed by atoms with Gasteiger partial charge in [-0.3, -0.25) is 4.79 Å². The molecule has 0 aliphatic carbocycles. The number of carbonyl (C=O) groups excluding carboxylic acids is 1. The quantitative estimate of drug-likeness (QED) is 0.430. The van der Waals surface area contributed by atoms with Crippen molar-refractivity contribution >= 4 is 55.6 Å². The van der Waals surface area contributed by atoms with E-state index in [2.05, 4.69) is 73.4 Å². The number of hydrogen-bond acceptors (Lipinski definition) is 2. The largest absolute Gasteiger partial charge is 0.126 e. The van der Waals surface area contributed by atoms with Crippen LogP contribution in [0.5, 0.6) is 0 Å². The summed E-state index contributed by atoms with van der Waals surface area (Å²) >= 11 is -0.556. The van der Waals surface area contributed by atoms with Crippen LogP contribution in [0, 0.1) is 6.61 Å². The number of benzene rings is 2. The molecule has 0 bridgehead atoms. The third kappa shape index (κ3) is 10.1. The van der Waals surface area contributed by atoms with Crippen LogP contribution in [-0.2, 0) is 21.8 Å². The molecule has 3 N–H and O–H groups in total. The smallest absolute Gasteiger partial charge is 0.0771 e. The van der Waals surface area contributed by atoms with E-state index in [1.54, 1.807) is 0 Å². The van der Waals surface area contributed by atoms with E-state index in [0.29, 0.717) is 0 Å². The summed E-state index contributed by atoms with van der Waals surface area (Å²) in [5.41, 5.74) is 4.57. The number of fused-ring (bicyclic) bond motifs is 3. The first-order chi connectivity index (χ1) is 12.0. The van der Waals surface area contributed by atoms with Gasteiger partial charge < -0.3 is 10.8 Å². The van der Waals surface area contributed by atoms with E-state index >= 15 is 0 Å². The molecule has 1 amide bonds. The van der Waals surface area contributed by atoms with Gasteiger partial charge in [0.05, 0.1) is 0 Å². The first kappa shape index (κ1) is 24.3. The predicted molar refractivity (Wildman–Crippen MR) is 106 cm³/mol. The first-order valence-electron chi connectivity index (χ1n) is 7.37. The molecular weight excluding hydrogens is 409 g/mol. The molecule has 0 aromatic heterocycles. The van der Waals surface area contributed by atoms with Gasteiger partial charge in [0.25, 0.3) is 0 Å². The Balaban J connectivity index is 0.000000407. The number of rotatable bonds is 2. The second-order valence-corrected chi connectivity index (χ2v) is 8.32. The molecule has 0 atom stereocenters. The summed E-state index contributed by atoms with van der Waals surface area (Å²) in [6.07, 6.45) is -0.0556. The number of nitrogens with two attached hydrogens (primary N) is 1. The Hall–Kier alpha value is -0.749. The van der Waals surface area contributed by atoms with E-state index in [9.17, 15) is 4.79 Å². The monoisotopic (exact) mass is 429 g/mol. The average Bonchev–Trinajstić information content (AvgIpc) is 2.95. The Morgan fingerprint density at radius 3 is 1.76 bits per heavy atom. The fourth-order valence-electron chi connectivity index (χ4n) is 1.99. The number of primary amides is 1. The summed E-state index contributed by atoms with van der Waals surface area (Å²) in [4.78, 5) is 9.63. The third-order valence-corrected chi connectivity index (χ3v) is 2.82. The molecule has 3 nitrogen and oxygen atoms in total. The number of aliphatic hydroxyl groups excluding tert-OH is 1. The molecule has 0 unspecified atom stereocenters. The average molecular weight is 430 g/mol. The number of aliphatic hydroxyl groups is 1. The van der Waals surface area contributed by atoms with Gasteiger partial charge in [-0.1, -0.05) is 55.9 Å². The minimum atomic E-state index is -0.556. The minimum Gasteiger partial charge on any atom is -0.126 e. The zero-order valence-electron chi connectivity index (χ0n) is 14.2. The zero-order valence-corrected chi connectivity index (χ0v) is 18.2. The van der Waals surface area contributed by atoms with Gasteiger partial charge in [0.1, 0.15) is 0 Å². The van der Waals surface area contributed by atoms with Crippen molar-refractivity contribution in [2.24, 2.45) is 5.73 Å². The Kier molecular flexibility index (Phi) is 15.0. The standard InChI is InChI=1S/C13H9.C3H6NO2.C2H6Si.2ClH.Ti/c1-3-7-12-10(5-1)9-11-6-2-4-8-13(11)12;4-3(6)1-2-5;1-3-2;;;/h1-9H;2,5H,1H2,(H2,4,6);1-2H3;2*1H;/q2*-1;;;;+2/p-2. The van der Waals surface area contributed by atoms with E-state index in [0.717, 1.165) is 16.1 Å². The normalized spacial score (nSPS) is 9.00.